The van der Waals surface area contributed by atoms with E-state index < -0.39 is 24.7 Å². The van der Waals surface area contributed by atoms with Crippen LogP contribution >= 0.6 is 27.5 Å². The minimum absolute atomic E-state index is 0.212. The largest absolute Gasteiger partial charge is 0.483 e. The number of carbonyl (C=O) groups is 1. The Morgan fingerprint density at radius 2 is 1.76 bits per heavy atom. The first-order chi connectivity index (χ1) is 15.6. The molecule has 0 bridgehead atoms. The quantitative estimate of drug-likeness (QED) is 0.315. The topological polar surface area (TPSA) is 50.4 Å². The molecular formula is C24H21BrClF3N2O2. The summed E-state index contributed by atoms with van der Waals surface area (Å²) < 4.78 is 45.5. The third-order valence-corrected chi connectivity index (χ3v) is 5.55. The summed E-state index contributed by atoms with van der Waals surface area (Å²) in [5.41, 5.74) is 2.36. The van der Waals surface area contributed by atoms with Crippen molar-refractivity contribution >= 4 is 44.9 Å². The van der Waals surface area contributed by atoms with Crippen LogP contribution in [0.2, 0.25) is 5.02 Å². The van der Waals surface area contributed by atoms with Crippen LogP contribution in [0.4, 0.5) is 29.3 Å². The molecule has 0 aliphatic carbocycles. The molecule has 4 nitrogen and oxygen atoms in total. The zero-order valence-corrected chi connectivity index (χ0v) is 19.9. The molecule has 3 rings (SSSR count). The molecule has 3 aromatic carbocycles. The fourth-order valence-corrected chi connectivity index (χ4v) is 3.70. The van der Waals surface area contributed by atoms with Gasteiger partial charge in [0.25, 0.3) is 0 Å². The molecule has 0 aliphatic heterocycles. The van der Waals surface area contributed by atoms with E-state index in [1.165, 1.54) is 0 Å². The molecule has 0 aromatic heterocycles. The summed E-state index contributed by atoms with van der Waals surface area (Å²) in [6.07, 6.45) is -6.70. The highest BCUT2D eigenvalue weighted by Gasteiger charge is 2.30. The third kappa shape index (κ3) is 7.68. The Kier molecular flexibility index (Phi) is 8.26. The second kappa shape index (κ2) is 10.9. The van der Waals surface area contributed by atoms with Gasteiger partial charge in [0.1, 0.15) is 11.9 Å². The molecular weight excluding hydrogens is 521 g/mol. The number of anilines is 2. The molecule has 174 valence electrons. The normalized spacial score (nSPS) is 12.2. The summed E-state index contributed by atoms with van der Waals surface area (Å²) in [6.45, 7) is 1.93. The van der Waals surface area contributed by atoms with Crippen molar-refractivity contribution in [3.05, 3.63) is 87.4 Å². The van der Waals surface area contributed by atoms with Gasteiger partial charge < -0.3 is 15.4 Å². The number of carbonyl (C=O) groups excluding carboxylic acids is 1. The molecule has 1 atom stereocenters. The molecule has 3 aromatic rings. The smallest absolute Gasteiger partial charge is 0.389 e. The van der Waals surface area contributed by atoms with Gasteiger partial charge in [-0.3, -0.25) is 0 Å². The molecule has 0 saturated heterocycles. The van der Waals surface area contributed by atoms with Crippen molar-refractivity contribution in [1.82, 2.24) is 0 Å². The van der Waals surface area contributed by atoms with E-state index in [4.69, 9.17) is 16.3 Å². The standard InChI is InChI=1S/C24H21BrClF3N2O2/c1-15-6-9-17(10-7-15)30-23(32)31-20-14-16(25)8-11-22(20)33-21(12-13-24(27,28)29)18-4-2-3-5-19(18)26/h2-11,14,21H,12-13H2,1H3,(H2,30,31,32)/t21-/m0/s1. The van der Waals surface area contributed by atoms with Gasteiger partial charge in [-0.25, -0.2) is 4.79 Å². The second-order valence-corrected chi connectivity index (χ2v) is 8.69. The van der Waals surface area contributed by atoms with Gasteiger partial charge in [-0.05, 0) is 49.7 Å². The number of urea groups is 1. The summed E-state index contributed by atoms with van der Waals surface area (Å²) in [6, 6.07) is 18.2. The van der Waals surface area contributed by atoms with Crippen LogP contribution in [-0.4, -0.2) is 12.2 Å². The van der Waals surface area contributed by atoms with Crippen molar-refractivity contribution in [2.24, 2.45) is 0 Å². The van der Waals surface area contributed by atoms with E-state index in [0.717, 1.165) is 5.56 Å². The van der Waals surface area contributed by atoms with E-state index in [1.54, 1.807) is 54.6 Å². The average molecular weight is 542 g/mol. The Bertz CT molecular complexity index is 1110. The molecule has 33 heavy (non-hydrogen) atoms. The molecule has 9 heteroatoms. The number of ether oxygens (including phenoxy) is 1. The van der Waals surface area contributed by atoms with Crippen LogP contribution in [0.15, 0.2) is 71.2 Å². The molecule has 0 spiro atoms. The van der Waals surface area contributed by atoms with Crippen molar-refractivity contribution in [1.29, 1.82) is 0 Å². The monoisotopic (exact) mass is 540 g/mol. The fraction of sp³-hybridized carbons (Fsp3) is 0.208. The van der Waals surface area contributed by atoms with E-state index >= 15 is 0 Å². The maximum atomic E-state index is 12.9. The maximum Gasteiger partial charge on any atom is 0.389 e. The number of benzene rings is 3. The molecule has 0 fully saturated rings. The van der Waals surface area contributed by atoms with Gasteiger partial charge in [-0.15, -0.1) is 0 Å². The van der Waals surface area contributed by atoms with Crippen LogP contribution in [0, 0.1) is 6.92 Å². The van der Waals surface area contributed by atoms with Crippen LogP contribution in [0.5, 0.6) is 5.75 Å². The van der Waals surface area contributed by atoms with Gasteiger partial charge in [0, 0.05) is 27.2 Å². The number of hydrogen-bond donors (Lipinski definition) is 2. The number of amides is 2. The molecule has 0 saturated carbocycles. The summed E-state index contributed by atoms with van der Waals surface area (Å²) in [4.78, 5) is 12.5. The van der Waals surface area contributed by atoms with Crippen LogP contribution < -0.4 is 15.4 Å². The zero-order chi connectivity index (χ0) is 24.0. The first-order valence-corrected chi connectivity index (χ1v) is 11.2. The van der Waals surface area contributed by atoms with Gasteiger partial charge in [-0.1, -0.05) is 63.4 Å². The summed E-state index contributed by atoms with van der Waals surface area (Å²) in [5.74, 6) is 0.212. The summed E-state index contributed by atoms with van der Waals surface area (Å²) >= 11 is 9.58. The molecule has 2 amide bonds. The lowest BCUT2D eigenvalue weighted by Gasteiger charge is -2.23. The molecule has 0 heterocycles. The van der Waals surface area contributed by atoms with Gasteiger partial charge >= 0.3 is 12.2 Å². The third-order valence-electron chi connectivity index (χ3n) is 4.71. The van der Waals surface area contributed by atoms with Gasteiger partial charge in [-0.2, -0.15) is 13.2 Å². The number of aryl methyl sites for hydroxylation is 1. The molecule has 2 N–H and O–H groups in total. The fourth-order valence-electron chi connectivity index (χ4n) is 3.09. The van der Waals surface area contributed by atoms with Crippen molar-refractivity contribution in [2.75, 3.05) is 10.6 Å². The van der Waals surface area contributed by atoms with Gasteiger partial charge in [0.15, 0.2) is 0 Å². The van der Waals surface area contributed by atoms with Crippen LogP contribution in [0.3, 0.4) is 0 Å². The minimum Gasteiger partial charge on any atom is -0.483 e. The summed E-state index contributed by atoms with van der Waals surface area (Å²) in [7, 11) is 0. The number of nitrogens with one attached hydrogen (secondary N) is 2. The Balaban J connectivity index is 1.83. The zero-order valence-electron chi connectivity index (χ0n) is 17.5. The van der Waals surface area contributed by atoms with E-state index in [1.807, 2.05) is 19.1 Å². The Hall–Kier alpha value is -2.71. The van der Waals surface area contributed by atoms with E-state index in [9.17, 15) is 18.0 Å². The van der Waals surface area contributed by atoms with Gasteiger partial charge in [0.2, 0.25) is 0 Å². The number of alkyl halides is 3. The minimum atomic E-state index is -4.35. The first-order valence-electron chi connectivity index (χ1n) is 10.0. The number of hydrogen-bond acceptors (Lipinski definition) is 2. The van der Waals surface area contributed by atoms with Crippen molar-refractivity contribution in [3.8, 4) is 5.75 Å². The van der Waals surface area contributed by atoms with E-state index in [0.29, 0.717) is 20.7 Å². The predicted molar refractivity (Wildman–Crippen MR) is 128 cm³/mol. The number of rotatable bonds is 7. The van der Waals surface area contributed by atoms with Crippen LogP contribution in [0.25, 0.3) is 0 Å². The second-order valence-electron chi connectivity index (χ2n) is 7.37. The molecule has 0 unspecified atom stereocenters. The first kappa shape index (κ1) is 24.9. The van der Waals surface area contributed by atoms with E-state index in [-0.39, 0.29) is 17.9 Å². The van der Waals surface area contributed by atoms with Crippen LogP contribution in [-0.2, 0) is 0 Å². The Morgan fingerprint density at radius 1 is 1.06 bits per heavy atom. The van der Waals surface area contributed by atoms with Crippen molar-refractivity contribution in [3.63, 3.8) is 0 Å². The maximum absolute atomic E-state index is 12.9. The molecule has 0 aliphatic rings. The Labute approximate surface area is 203 Å². The van der Waals surface area contributed by atoms with E-state index in [2.05, 4.69) is 26.6 Å². The number of halogens is 5. The SMILES string of the molecule is Cc1ccc(NC(=O)Nc2cc(Br)ccc2O[C@@H](CCC(F)(F)F)c2ccccc2Cl)cc1. The highest BCUT2D eigenvalue weighted by atomic mass is 79.9. The highest BCUT2D eigenvalue weighted by Crippen LogP contribution is 2.37. The summed E-state index contributed by atoms with van der Waals surface area (Å²) in [5, 5.41) is 5.71. The average Bonchev–Trinajstić information content (AvgIpc) is 2.74. The predicted octanol–water partition coefficient (Wildman–Crippen LogP) is 8.52. The Morgan fingerprint density at radius 3 is 2.42 bits per heavy atom. The molecule has 0 radical (unpaired) electrons. The highest BCUT2D eigenvalue weighted by molar-refractivity contribution is 9.10. The van der Waals surface area contributed by atoms with Crippen molar-refractivity contribution in [2.45, 2.75) is 32.0 Å². The lowest BCUT2D eigenvalue weighted by molar-refractivity contribution is -0.139. The van der Waals surface area contributed by atoms with Crippen molar-refractivity contribution < 1.29 is 22.7 Å². The van der Waals surface area contributed by atoms with Gasteiger partial charge in [0.05, 0.1) is 5.69 Å². The lowest BCUT2D eigenvalue weighted by atomic mass is 10.0. The lowest BCUT2D eigenvalue weighted by Crippen LogP contribution is -2.20. The van der Waals surface area contributed by atoms with Crippen LogP contribution in [0.1, 0.15) is 30.1 Å².